The summed E-state index contributed by atoms with van der Waals surface area (Å²) in [4.78, 5) is 24.1. The van der Waals surface area contributed by atoms with Crippen molar-refractivity contribution in [1.29, 1.82) is 0 Å². The summed E-state index contributed by atoms with van der Waals surface area (Å²) in [5.74, 6) is 0.0949. The number of aliphatic hydroxyl groups is 1. The van der Waals surface area contributed by atoms with Gasteiger partial charge in [0.05, 0.1) is 33.4 Å². The van der Waals surface area contributed by atoms with Gasteiger partial charge in [-0.1, -0.05) is 24.3 Å². The maximum atomic E-state index is 12.7. The number of carbonyl (C=O) groups excluding carboxylic acids is 1. The topological polar surface area (TPSA) is 96.0 Å². The number of hydrogen-bond donors (Lipinski definition) is 1. The predicted molar refractivity (Wildman–Crippen MR) is 106 cm³/mol. The third-order valence-corrected chi connectivity index (χ3v) is 4.95. The van der Waals surface area contributed by atoms with Crippen molar-refractivity contribution in [1.82, 2.24) is 0 Å². The molecule has 1 heterocycles. The Morgan fingerprint density at radius 1 is 1.26 bits per heavy atom. The Bertz CT molecular complexity index is 941. The van der Waals surface area contributed by atoms with Gasteiger partial charge in [0, 0.05) is 11.8 Å². The molecule has 3 rings (SSSR count). The van der Waals surface area contributed by atoms with Crippen LogP contribution in [0.2, 0.25) is 0 Å². The summed E-state index contributed by atoms with van der Waals surface area (Å²) in [5.41, 5.74) is 2.09. The molecule has 1 aliphatic heterocycles. The minimum Gasteiger partial charge on any atom is -0.396 e. The summed E-state index contributed by atoms with van der Waals surface area (Å²) in [6.45, 7) is 1.67. The maximum absolute atomic E-state index is 12.7. The molecule has 0 radical (unpaired) electrons. The standard InChI is InChI=1S/C19H17N3O4S/c1-13-16(19(24)21(20-13)15-5-3-2-4-6-15)11-14-7-8-18(27-10-9-23)17(12-14)22(25)26/h2-8,11-12,23H,9-10H2,1H3/b16-11-. The Morgan fingerprint density at radius 3 is 2.67 bits per heavy atom. The van der Waals surface area contributed by atoms with Crippen LogP contribution < -0.4 is 5.01 Å². The number of nitro benzene ring substituents is 1. The monoisotopic (exact) mass is 383 g/mol. The van der Waals surface area contributed by atoms with E-state index >= 15 is 0 Å². The van der Waals surface area contributed by atoms with Gasteiger partial charge in [-0.15, -0.1) is 11.8 Å². The van der Waals surface area contributed by atoms with Crippen LogP contribution in [0.3, 0.4) is 0 Å². The molecule has 0 saturated carbocycles. The number of nitro groups is 1. The predicted octanol–water partition coefficient (Wildman–Crippen LogP) is 3.49. The van der Waals surface area contributed by atoms with E-state index in [-0.39, 0.29) is 18.2 Å². The van der Waals surface area contributed by atoms with Crippen LogP contribution in [0.5, 0.6) is 0 Å². The molecule has 0 spiro atoms. The SMILES string of the molecule is CC1=NN(c2ccccc2)C(=O)/C1=C\c1ccc(SCCO)c([N+](=O)[O-])c1. The lowest BCUT2D eigenvalue weighted by Gasteiger charge is -2.11. The molecule has 0 aromatic heterocycles. The number of amides is 1. The number of rotatable bonds is 6. The molecule has 1 amide bonds. The molecule has 27 heavy (non-hydrogen) atoms. The summed E-state index contributed by atoms with van der Waals surface area (Å²) in [6, 6.07) is 13.8. The first-order valence-electron chi connectivity index (χ1n) is 8.20. The number of carbonyl (C=O) groups is 1. The normalized spacial score (nSPS) is 15.3. The summed E-state index contributed by atoms with van der Waals surface area (Å²) in [7, 11) is 0. The van der Waals surface area contributed by atoms with Gasteiger partial charge in [0.25, 0.3) is 11.6 Å². The Kier molecular flexibility index (Phi) is 5.68. The van der Waals surface area contributed by atoms with Gasteiger partial charge in [0.1, 0.15) is 0 Å². The summed E-state index contributed by atoms with van der Waals surface area (Å²) in [5, 5.41) is 25.9. The highest BCUT2D eigenvalue weighted by atomic mass is 32.2. The van der Waals surface area contributed by atoms with Gasteiger partial charge in [0.15, 0.2) is 0 Å². The molecule has 8 heteroatoms. The number of hydrogen-bond acceptors (Lipinski definition) is 6. The largest absolute Gasteiger partial charge is 0.396 e. The van der Waals surface area contributed by atoms with Gasteiger partial charge in [-0.25, -0.2) is 0 Å². The average Bonchev–Trinajstić information content (AvgIpc) is 2.95. The molecule has 0 atom stereocenters. The van der Waals surface area contributed by atoms with Crippen molar-refractivity contribution in [2.45, 2.75) is 11.8 Å². The molecular formula is C19H17N3O4S. The fourth-order valence-electron chi connectivity index (χ4n) is 2.64. The third kappa shape index (κ3) is 4.07. The van der Waals surface area contributed by atoms with Crippen LogP contribution in [0.1, 0.15) is 12.5 Å². The van der Waals surface area contributed by atoms with E-state index in [4.69, 9.17) is 5.11 Å². The van der Waals surface area contributed by atoms with Crippen molar-refractivity contribution in [3.8, 4) is 0 Å². The summed E-state index contributed by atoms with van der Waals surface area (Å²) in [6.07, 6.45) is 1.61. The van der Waals surface area contributed by atoms with Crippen molar-refractivity contribution in [2.24, 2.45) is 5.10 Å². The van der Waals surface area contributed by atoms with E-state index in [1.54, 1.807) is 37.3 Å². The smallest absolute Gasteiger partial charge is 0.283 e. The second-order valence-corrected chi connectivity index (χ2v) is 6.89. The van der Waals surface area contributed by atoms with Gasteiger partial charge in [-0.2, -0.15) is 10.1 Å². The van der Waals surface area contributed by atoms with E-state index < -0.39 is 4.92 Å². The van der Waals surface area contributed by atoms with E-state index in [0.29, 0.717) is 33.2 Å². The first-order chi connectivity index (χ1) is 13.0. The second kappa shape index (κ2) is 8.15. The third-order valence-electron chi connectivity index (χ3n) is 3.90. The van der Waals surface area contributed by atoms with Crippen molar-refractivity contribution >= 4 is 40.8 Å². The van der Waals surface area contributed by atoms with Gasteiger partial charge >= 0.3 is 0 Å². The molecule has 0 aliphatic carbocycles. The molecule has 0 fully saturated rings. The summed E-state index contributed by atoms with van der Waals surface area (Å²) < 4.78 is 0. The Morgan fingerprint density at radius 2 is 2.00 bits per heavy atom. The van der Waals surface area contributed by atoms with E-state index in [1.807, 2.05) is 18.2 Å². The van der Waals surface area contributed by atoms with Crippen LogP contribution in [0, 0.1) is 10.1 Å². The van der Waals surface area contributed by atoms with E-state index in [9.17, 15) is 14.9 Å². The van der Waals surface area contributed by atoms with Crippen LogP contribution in [0.4, 0.5) is 11.4 Å². The van der Waals surface area contributed by atoms with E-state index in [1.165, 1.54) is 22.8 Å². The van der Waals surface area contributed by atoms with Crippen LogP contribution in [-0.4, -0.2) is 34.0 Å². The molecule has 2 aromatic rings. The molecule has 1 N–H and O–H groups in total. The quantitative estimate of drug-likeness (QED) is 0.356. The van der Waals surface area contributed by atoms with Crippen LogP contribution in [-0.2, 0) is 4.79 Å². The zero-order chi connectivity index (χ0) is 19.4. The van der Waals surface area contributed by atoms with Gasteiger partial charge in [-0.3, -0.25) is 14.9 Å². The van der Waals surface area contributed by atoms with Gasteiger partial charge < -0.3 is 5.11 Å². The molecule has 0 unspecified atom stereocenters. The Labute approximate surface area is 160 Å². The minimum atomic E-state index is -0.463. The summed E-state index contributed by atoms with van der Waals surface area (Å²) >= 11 is 1.21. The zero-order valence-electron chi connectivity index (χ0n) is 14.5. The molecular weight excluding hydrogens is 366 g/mol. The number of benzene rings is 2. The van der Waals surface area contributed by atoms with E-state index in [2.05, 4.69) is 5.10 Å². The van der Waals surface area contributed by atoms with Crippen molar-refractivity contribution in [3.05, 3.63) is 69.8 Å². The van der Waals surface area contributed by atoms with Crippen molar-refractivity contribution < 1.29 is 14.8 Å². The first kappa shape index (κ1) is 18.8. The Hall–Kier alpha value is -2.97. The molecule has 7 nitrogen and oxygen atoms in total. The van der Waals surface area contributed by atoms with E-state index in [0.717, 1.165) is 0 Å². The Balaban J connectivity index is 1.92. The lowest BCUT2D eigenvalue weighted by Crippen LogP contribution is -2.21. The zero-order valence-corrected chi connectivity index (χ0v) is 15.3. The number of para-hydroxylation sites is 1. The highest BCUT2D eigenvalue weighted by Crippen LogP contribution is 2.31. The minimum absolute atomic E-state index is 0.0530. The van der Waals surface area contributed by atoms with Crippen molar-refractivity contribution in [2.75, 3.05) is 17.4 Å². The highest BCUT2D eigenvalue weighted by Gasteiger charge is 2.28. The fourth-order valence-corrected chi connectivity index (χ4v) is 3.40. The van der Waals surface area contributed by atoms with Gasteiger partial charge in [-0.05, 0) is 36.8 Å². The van der Waals surface area contributed by atoms with Crippen molar-refractivity contribution in [3.63, 3.8) is 0 Å². The number of nitrogens with zero attached hydrogens (tertiary/aromatic N) is 3. The lowest BCUT2D eigenvalue weighted by atomic mass is 10.1. The number of aliphatic hydroxyl groups excluding tert-OH is 1. The molecule has 138 valence electrons. The van der Waals surface area contributed by atoms with Crippen LogP contribution in [0.15, 0.2) is 64.1 Å². The average molecular weight is 383 g/mol. The molecule has 0 saturated heterocycles. The highest BCUT2D eigenvalue weighted by molar-refractivity contribution is 7.99. The number of hydrazone groups is 1. The molecule has 1 aliphatic rings. The lowest BCUT2D eigenvalue weighted by molar-refractivity contribution is -0.387. The first-order valence-corrected chi connectivity index (χ1v) is 9.18. The van der Waals surface area contributed by atoms with Crippen LogP contribution in [0.25, 0.3) is 6.08 Å². The molecule has 0 bridgehead atoms. The second-order valence-electron chi connectivity index (χ2n) is 5.75. The fraction of sp³-hybridized carbons (Fsp3) is 0.158. The molecule has 2 aromatic carbocycles. The number of anilines is 1. The maximum Gasteiger partial charge on any atom is 0.283 e. The number of thioether (sulfide) groups is 1. The van der Waals surface area contributed by atoms with Crippen LogP contribution >= 0.6 is 11.8 Å². The van der Waals surface area contributed by atoms with Gasteiger partial charge in [0.2, 0.25) is 0 Å².